The molecule has 0 amide bonds. The third kappa shape index (κ3) is 5.63. The van der Waals surface area contributed by atoms with E-state index in [0.29, 0.717) is 0 Å². The predicted octanol–water partition coefficient (Wildman–Crippen LogP) is 3.44. The van der Waals surface area contributed by atoms with Crippen molar-refractivity contribution in [3.8, 4) is 0 Å². The van der Waals surface area contributed by atoms with Gasteiger partial charge < -0.3 is 5.73 Å². The summed E-state index contributed by atoms with van der Waals surface area (Å²) in [5.74, 6) is 0. The fourth-order valence-electron chi connectivity index (χ4n) is 2.11. The number of nitrogens with two attached hydrogens (primary N) is 1. The van der Waals surface area contributed by atoms with Crippen LogP contribution in [0.4, 0.5) is 0 Å². The maximum Gasteiger partial charge on any atom is 0.0994 e. The second-order valence-corrected chi connectivity index (χ2v) is 5.07. The third-order valence-electron chi connectivity index (χ3n) is 3.28. The lowest BCUT2D eigenvalue weighted by atomic mass is 10.1. The van der Waals surface area contributed by atoms with Gasteiger partial charge in [-0.1, -0.05) is 57.6 Å². The SMILES string of the molecule is CCCCCCCCn1cc(C(N)CCC)nn1. The summed E-state index contributed by atoms with van der Waals surface area (Å²) < 4.78 is 1.94. The normalized spacial score (nSPS) is 12.8. The van der Waals surface area contributed by atoms with Gasteiger partial charge in [-0.3, -0.25) is 4.68 Å². The maximum atomic E-state index is 6.01. The van der Waals surface area contributed by atoms with Crippen molar-refractivity contribution in [2.45, 2.75) is 77.8 Å². The topological polar surface area (TPSA) is 56.7 Å². The van der Waals surface area contributed by atoms with Gasteiger partial charge in [0.15, 0.2) is 0 Å². The van der Waals surface area contributed by atoms with E-state index in [1.54, 1.807) is 0 Å². The van der Waals surface area contributed by atoms with E-state index in [-0.39, 0.29) is 6.04 Å². The molecule has 4 nitrogen and oxygen atoms in total. The second kappa shape index (κ2) is 9.09. The molecule has 0 bridgehead atoms. The quantitative estimate of drug-likeness (QED) is 0.649. The average Bonchev–Trinajstić information content (AvgIpc) is 2.83. The highest BCUT2D eigenvalue weighted by Crippen LogP contribution is 2.12. The zero-order chi connectivity index (χ0) is 13.2. The van der Waals surface area contributed by atoms with Crippen molar-refractivity contribution in [3.63, 3.8) is 0 Å². The number of aromatic nitrogens is 3. The first-order valence-electron chi connectivity index (χ1n) is 7.43. The van der Waals surface area contributed by atoms with E-state index in [0.717, 1.165) is 25.1 Å². The van der Waals surface area contributed by atoms with Gasteiger partial charge in [-0.25, -0.2) is 0 Å². The molecule has 1 aromatic rings. The highest BCUT2D eigenvalue weighted by atomic mass is 15.4. The Morgan fingerprint density at radius 1 is 1.11 bits per heavy atom. The Hall–Kier alpha value is -0.900. The Labute approximate surface area is 111 Å². The lowest BCUT2D eigenvalue weighted by molar-refractivity contribution is 0.516. The van der Waals surface area contributed by atoms with Gasteiger partial charge in [0.05, 0.1) is 17.9 Å². The van der Waals surface area contributed by atoms with Crippen molar-refractivity contribution in [2.75, 3.05) is 0 Å². The van der Waals surface area contributed by atoms with E-state index >= 15 is 0 Å². The highest BCUT2D eigenvalue weighted by molar-refractivity contribution is 4.99. The summed E-state index contributed by atoms with van der Waals surface area (Å²) in [6.45, 7) is 5.36. The lowest BCUT2D eigenvalue weighted by Gasteiger charge is -2.04. The number of nitrogens with zero attached hydrogens (tertiary/aromatic N) is 3. The van der Waals surface area contributed by atoms with Gasteiger partial charge in [-0.05, 0) is 12.8 Å². The van der Waals surface area contributed by atoms with Crippen LogP contribution in [0.3, 0.4) is 0 Å². The lowest BCUT2D eigenvalue weighted by Crippen LogP contribution is -2.10. The molecule has 0 fully saturated rings. The van der Waals surface area contributed by atoms with Gasteiger partial charge in [0, 0.05) is 6.54 Å². The van der Waals surface area contributed by atoms with Gasteiger partial charge in [-0.15, -0.1) is 5.10 Å². The summed E-state index contributed by atoms with van der Waals surface area (Å²) in [7, 11) is 0. The van der Waals surface area contributed by atoms with Crippen molar-refractivity contribution >= 4 is 0 Å². The molecule has 0 saturated carbocycles. The molecule has 0 saturated heterocycles. The van der Waals surface area contributed by atoms with Crippen molar-refractivity contribution < 1.29 is 0 Å². The first-order valence-corrected chi connectivity index (χ1v) is 7.43. The van der Waals surface area contributed by atoms with Crippen LogP contribution < -0.4 is 5.73 Å². The largest absolute Gasteiger partial charge is 0.323 e. The number of unbranched alkanes of at least 4 members (excludes halogenated alkanes) is 5. The monoisotopic (exact) mass is 252 g/mol. The minimum atomic E-state index is 0.0494. The zero-order valence-corrected chi connectivity index (χ0v) is 11.9. The molecule has 0 aliphatic heterocycles. The Balaban J connectivity index is 2.19. The van der Waals surface area contributed by atoms with Gasteiger partial charge in [-0.2, -0.15) is 0 Å². The smallest absolute Gasteiger partial charge is 0.0994 e. The molecule has 0 aliphatic rings. The van der Waals surface area contributed by atoms with Crippen molar-refractivity contribution in [2.24, 2.45) is 5.73 Å². The average molecular weight is 252 g/mol. The van der Waals surface area contributed by atoms with Crippen LogP contribution in [0.25, 0.3) is 0 Å². The number of aryl methyl sites for hydroxylation is 1. The Kier molecular flexibility index (Phi) is 7.65. The highest BCUT2D eigenvalue weighted by Gasteiger charge is 2.09. The molecular formula is C14H28N4. The molecule has 4 heteroatoms. The standard InChI is InChI=1S/C14H28N4/c1-3-5-6-7-8-9-11-18-12-14(16-17-18)13(15)10-4-2/h12-13H,3-11,15H2,1-2H3. The van der Waals surface area contributed by atoms with Gasteiger partial charge >= 0.3 is 0 Å². The van der Waals surface area contributed by atoms with Crippen LogP contribution in [0, 0.1) is 0 Å². The number of rotatable bonds is 10. The van der Waals surface area contributed by atoms with Crippen LogP contribution in [-0.4, -0.2) is 15.0 Å². The number of hydrogen-bond acceptors (Lipinski definition) is 3. The second-order valence-electron chi connectivity index (χ2n) is 5.07. The molecule has 18 heavy (non-hydrogen) atoms. The Morgan fingerprint density at radius 3 is 2.56 bits per heavy atom. The summed E-state index contributed by atoms with van der Waals surface area (Å²) >= 11 is 0. The van der Waals surface area contributed by atoms with Crippen LogP contribution in [-0.2, 0) is 6.54 Å². The molecule has 1 unspecified atom stereocenters. The molecule has 0 aromatic carbocycles. The minimum Gasteiger partial charge on any atom is -0.323 e. The first-order chi connectivity index (χ1) is 8.77. The van der Waals surface area contributed by atoms with Gasteiger partial charge in [0.2, 0.25) is 0 Å². The van der Waals surface area contributed by atoms with Crippen LogP contribution in [0.15, 0.2) is 6.20 Å². The van der Waals surface area contributed by atoms with Crippen molar-refractivity contribution in [3.05, 3.63) is 11.9 Å². The summed E-state index contributed by atoms with van der Waals surface area (Å²) in [6.07, 6.45) is 11.9. The summed E-state index contributed by atoms with van der Waals surface area (Å²) in [6, 6.07) is 0.0494. The fourth-order valence-corrected chi connectivity index (χ4v) is 2.11. The maximum absolute atomic E-state index is 6.01. The van der Waals surface area contributed by atoms with Crippen LogP contribution in [0.5, 0.6) is 0 Å². The summed E-state index contributed by atoms with van der Waals surface area (Å²) in [5, 5.41) is 8.29. The van der Waals surface area contributed by atoms with E-state index in [9.17, 15) is 0 Å². The molecule has 0 aliphatic carbocycles. The van der Waals surface area contributed by atoms with E-state index < -0.39 is 0 Å². The Morgan fingerprint density at radius 2 is 1.83 bits per heavy atom. The van der Waals surface area contributed by atoms with Gasteiger partial charge in [0.1, 0.15) is 0 Å². The number of hydrogen-bond donors (Lipinski definition) is 1. The van der Waals surface area contributed by atoms with Crippen LogP contribution in [0.2, 0.25) is 0 Å². The summed E-state index contributed by atoms with van der Waals surface area (Å²) in [4.78, 5) is 0. The molecule has 2 N–H and O–H groups in total. The molecular weight excluding hydrogens is 224 g/mol. The fraction of sp³-hybridized carbons (Fsp3) is 0.857. The van der Waals surface area contributed by atoms with Crippen molar-refractivity contribution in [1.29, 1.82) is 0 Å². The first kappa shape index (κ1) is 15.2. The predicted molar refractivity (Wildman–Crippen MR) is 75.2 cm³/mol. The molecule has 0 radical (unpaired) electrons. The van der Waals surface area contributed by atoms with Crippen molar-refractivity contribution in [1.82, 2.24) is 15.0 Å². The van der Waals surface area contributed by atoms with E-state index in [4.69, 9.17) is 5.73 Å². The molecule has 1 aromatic heterocycles. The Bertz CT molecular complexity index is 308. The minimum absolute atomic E-state index is 0.0494. The molecule has 0 spiro atoms. The van der Waals surface area contributed by atoms with E-state index in [2.05, 4.69) is 24.2 Å². The van der Waals surface area contributed by atoms with Crippen LogP contribution in [0.1, 0.15) is 76.9 Å². The molecule has 104 valence electrons. The van der Waals surface area contributed by atoms with E-state index in [1.807, 2.05) is 10.9 Å². The summed E-state index contributed by atoms with van der Waals surface area (Å²) in [5.41, 5.74) is 6.95. The third-order valence-corrected chi connectivity index (χ3v) is 3.28. The van der Waals surface area contributed by atoms with Crippen LogP contribution >= 0.6 is 0 Å². The molecule has 1 rings (SSSR count). The molecule has 1 atom stereocenters. The molecule has 1 heterocycles. The van der Waals surface area contributed by atoms with Gasteiger partial charge in [0.25, 0.3) is 0 Å². The zero-order valence-electron chi connectivity index (χ0n) is 11.9. The van der Waals surface area contributed by atoms with E-state index in [1.165, 1.54) is 38.5 Å².